The molecule has 3 rings (SSSR count). The largest absolute Gasteiger partial charge is 0.469 e. The van der Waals surface area contributed by atoms with Crippen molar-refractivity contribution in [2.45, 2.75) is 13.3 Å². The third-order valence-electron chi connectivity index (χ3n) is 3.36. The van der Waals surface area contributed by atoms with E-state index in [1.54, 1.807) is 16.8 Å². The van der Waals surface area contributed by atoms with Gasteiger partial charge in [0, 0.05) is 11.1 Å². The first-order valence-corrected chi connectivity index (χ1v) is 6.48. The molecule has 2 heterocycles. The molecule has 0 aliphatic carbocycles. The minimum Gasteiger partial charge on any atom is -0.469 e. The van der Waals surface area contributed by atoms with Gasteiger partial charge in [-0.25, -0.2) is 13.9 Å². The molecule has 0 spiro atoms. The number of hydrogen-bond donors (Lipinski definition) is 1. The van der Waals surface area contributed by atoms with E-state index in [2.05, 4.69) is 14.8 Å². The zero-order chi connectivity index (χ0) is 15.0. The summed E-state index contributed by atoms with van der Waals surface area (Å²) in [7, 11) is 1.34. The summed E-state index contributed by atoms with van der Waals surface area (Å²) in [5.41, 5.74) is 3.81. The second-order valence-electron chi connectivity index (χ2n) is 4.80. The Morgan fingerprint density at radius 2 is 2.29 bits per heavy atom. The van der Waals surface area contributed by atoms with Crippen LogP contribution >= 0.6 is 0 Å². The van der Waals surface area contributed by atoms with Gasteiger partial charge in [-0.3, -0.25) is 9.89 Å². The SMILES string of the molecule is COC(=O)Cc1cn2[nH]c(-c3cccc(F)c3)c(C)c2n1. The summed E-state index contributed by atoms with van der Waals surface area (Å²) < 4.78 is 19.7. The predicted octanol–water partition coefficient (Wildman–Crippen LogP) is 2.49. The van der Waals surface area contributed by atoms with Crippen LogP contribution in [-0.4, -0.2) is 27.7 Å². The molecule has 2 aromatic heterocycles. The number of halogens is 1. The zero-order valence-electron chi connectivity index (χ0n) is 11.7. The van der Waals surface area contributed by atoms with Crippen LogP contribution in [0.3, 0.4) is 0 Å². The number of methoxy groups -OCH3 is 1. The number of carbonyl (C=O) groups is 1. The van der Waals surface area contributed by atoms with E-state index in [0.717, 1.165) is 16.8 Å². The van der Waals surface area contributed by atoms with Crippen molar-refractivity contribution in [1.29, 1.82) is 0 Å². The van der Waals surface area contributed by atoms with Gasteiger partial charge >= 0.3 is 5.97 Å². The van der Waals surface area contributed by atoms with E-state index in [1.165, 1.54) is 19.2 Å². The van der Waals surface area contributed by atoms with Crippen molar-refractivity contribution < 1.29 is 13.9 Å². The van der Waals surface area contributed by atoms with Crippen LogP contribution in [0.2, 0.25) is 0 Å². The summed E-state index contributed by atoms with van der Waals surface area (Å²) in [6, 6.07) is 6.36. The van der Waals surface area contributed by atoms with Crippen LogP contribution < -0.4 is 0 Å². The maximum Gasteiger partial charge on any atom is 0.311 e. The third kappa shape index (κ3) is 2.40. The molecular weight excluding hydrogens is 273 g/mol. The van der Waals surface area contributed by atoms with Gasteiger partial charge in [0.05, 0.1) is 31.1 Å². The number of aryl methyl sites for hydroxylation is 1. The second kappa shape index (κ2) is 5.05. The molecule has 0 amide bonds. The van der Waals surface area contributed by atoms with E-state index in [-0.39, 0.29) is 18.2 Å². The fraction of sp³-hybridized carbons (Fsp3) is 0.200. The topological polar surface area (TPSA) is 59.4 Å². The smallest absolute Gasteiger partial charge is 0.311 e. The number of aromatic nitrogens is 3. The number of ether oxygens (including phenoxy) is 1. The Morgan fingerprint density at radius 1 is 1.48 bits per heavy atom. The monoisotopic (exact) mass is 287 g/mol. The number of nitrogens with one attached hydrogen (secondary N) is 1. The van der Waals surface area contributed by atoms with Crippen molar-refractivity contribution in [3.63, 3.8) is 0 Å². The highest BCUT2D eigenvalue weighted by molar-refractivity contribution is 5.73. The number of rotatable bonds is 3. The molecule has 3 aromatic rings. The quantitative estimate of drug-likeness (QED) is 0.753. The number of benzene rings is 1. The summed E-state index contributed by atoms with van der Waals surface area (Å²) in [6.07, 6.45) is 1.86. The summed E-state index contributed by atoms with van der Waals surface area (Å²) >= 11 is 0. The molecule has 21 heavy (non-hydrogen) atoms. The summed E-state index contributed by atoms with van der Waals surface area (Å²) in [6.45, 7) is 1.90. The molecule has 0 aliphatic rings. The average Bonchev–Trinajstić information content (AvgIpc) is 2.98. The van der Waals surface area contributed by atoms with Gasteiger partial charge in [-0.1, -0.05) is 12.1 Å². The first-order valence-electron chi connectivity index (χ1n) is 6.48. The van der Waals surface area contributed by atoms with Crippen molar-refractivity contribution in [2.24, 2.45) is 0 Å². The highest BCUT2D eigenvalue weighted by Crippen LogP contribution is 2.25. The minimum absolute atomic E-state index is 0.126. The molecule has 108 valence electrons. The van der Waals surface area contributed by atoms with E-state index in [9.17, 15) is 9.18 Å². The van der Waals surface area contributed by atoms with E-state index in [4.69, 9.17) is 0 Å². The zero-order valence-corrected chi connectivity index (χ0v) is 11.7. The highest BCUT2D eigenvalue weighted by atomic mass is 19.1. The van der Waals surface area contributed by atoms with Crippen LogP contribution in [0.1, 0.15) is 11.3 Å². The number of nitrogens with zero attached hydrogens (tertiary/aromatic N) is 2. The fourth-order valence-electron chi connectivity index (χ4n) is 2.33. The Hall–Kier alpha value is -2.63. The molecule has 0 atom stereocenters. The lowest BCUT2D eigenvalue weighted by molar-refractivity contribution is -0.139. The van der Waals surface area contributed by atoms with Crippen molar-refractivity contribution >= 4 is 11.6 Å². The van der Waals surface area contributed by atoms with Crippen LogP contribution in [0.4, 0.5) is 4.39 Å². The minimum atomic E-state index is -0.334. The van der Waals surface area contributed by atoms with Gasteiger partial charge in [-0.2, -0.15) is 0 Å². The Bertz CT molecular complexity index is 820. The Kier molecular flexibility index (Phi) is 3.21. The first-order chi connectivity index (χ1) is 10.1. The highest BCUT2D eigenvalue weighted by Gasteiger charge is 2.14. The van der Waals surface area contributed by atoms with Crippen LogP contribution in [0, 0.1) is 12.7 Å². The second-order valence-corrected chi connectivity index (χ2v) is 4.80. The molecular formula is C15H14FN3O2. The van der Waals surface area contributed by atoms with E-state index in [1.807, 2.05) is 13.0 Å². The van der Waals surface area contributed by atoms with Crippen molar-refractivity contribution in [2.75, 3.05) is 7.11 Å². The molecule has 0 saturated heterocycles. The van der Waals surface area contributed by atoms with Crippen molar-refractivity contribution in [3.8, 4) is 11.3 Å². The molecule has 0 radical (unpaired) electrons. The maximum atomic E-state index is 13.3. The number of imidazole rings is 1. The molecule has 1 N–H and O–H groups in total. The van der Waals surface area contributed by atoms with E-state index >= 15 is 0 Å². The Morgan fingerprint density at radius 3 is 2.95 bits per heavy atom. The van der Waals surface area contributed by atoms with Gasteiger partial charge in [0.15, 0.2) is 5.65 Å². The van der Waals surface area contributed by atoms with Crippen LogP contribution in [0.25, 0.3) is 16.9 Å². The van der Waals surface area contributed by atoms with Gasteiger partial charge in [0.25, 0.3) is 0 Å². The Labute approximate surface area is 120 Å². The molecule has 0 unspecified atom stereocenters. The number of carbonyl (C=O) groups excluding carboxylic acids is 1. The number of aromatic amines is 1. The maximum absolute atomic E-state index is 13.3. The lowest BCUT2D eigenvalue weighted by Gasteiger charge is -2.00. The first kappa shape index (κ1) is 13.4. The number of esters is 1. The molecule has 0 saturated carbocycles. The molecule has 5 nitrogen and oxygen atoms in total. The van der Waals surface area contributed by atoms with Crippen LogP contribution in [0.15, 0.2) is 30.5 Å². The van der Waals surface area contributed by atoms with Gasteiger partial charge in [-0.15, -0.1) is 0 Å². The molecule has 0 aliphatic heterocycles. The molecule has 0 fully saturated rings. The summed E-state index contributed by atoms with van der Waals surface area (Å²) in [5, 5.41) is 3.15. The van der Waals surface area contributed by atoms with Crippen molar-refractivity contribution in [3.05, 3.63) is 47.5 Å². The van der Waals surface area contributed by atoms with Gasteiger partial charge in [-0.05, 0) is 19.1 Å². The standard InChI is InChI=1S/C15H14FN3O2/c1-9-14(10-4-3-5-11(16)6-10)18-19-8-12(17-15(9)19)7-13(20)21-2/h3-6,8,18H,7H2,1-2H3. The normalized spacial score (nSPS) is 11.0. The summed E-state index contributed by atoms with van der Waals surface area (Å²) in [4.78, 5) is 15.7. The predicted molar refractivity (Wildman–Crippen MR) is 75.4 cm³/mol. The van der Waals surface area contributed by atoms with Gasteiger partial charge in [0.1, 0.15) is 5.82 Å². The molecule has 0 bridgehead atoms. The molecule has 1 aromatic carbocycles. The van der Waals surface area contributed by atoms with E-state index in [0.29, 0.717) is 11.3 Å². The fourth-order valence-corrected chi connectivity index (χ4v) is 2.33. The van der Waals surface area contributed by atoms with Gasteiger partial charge < -0.3 is 4.74 Å². The van der Waals surface area contributed by atoms with Crippen LogP contribution in [-0.2, 0) is 16.0 Å². The molecule has 6 heteroatoms. The average molecular weight is 287 g/mol. The van der Waals surface area contributed by atoms with Gasteiger partial charge in [0.2, 0.25) is 0 Å². The summed E-state index contributed by atoms with van der Waals surface area (Å²) in [5.74, 6) is -0.621. The third-order valence-corrected chi connectivity index (χ3v) is 3.36. The van der Waals surface area contributed by atoms with Crippen LogP contribution in [0.5, 0.6) is 0 Å². The lowest BCUT2D eigenvalue weighted by atomic mass is 10.1. The number of H-pyrrole nitrogens is 1. The van der Waals surface area contributed by atoms with E-state index < -0.39 is 0 Å². The van der Waals surface area contributed by atoms with Crippen molar-refractivity contribution in [1.82, 2.24) is 14.6 Å². The number of hydrogen-bond acceptors (Lipinski definition) is 3. The number of fused-ring (bicyclic) bond motifs is 1. The Balaban J connectivity index is 2.02. The lowest BCUT2D eigenvalue weighted by Crippen LogP contribution is -2.04.